The summed E-state index contributed by atoms with van der Waals surface area (Å²) in [6, 6.07) is 1.53. The summed E-state index contributed by atoms with van der Waals surface area (Å²) in [5.41, 5.74) is 3.73. The zero-order valence-electron chi connectivity index (χ0n) is 11.9. The van der Waals surface area contributed by atoms with Crippen molar-refractivity contribution in [1.29, 1.82) is 0 Å². The minimum Gasteiger partial charge on any atom is -0.328 e. The molecular weight excluding hydrogens is 305 g/mol. The minimum absolute atomic E-state index is 0.0828. The smallest absolute Gasteiger partial charge is 0.328 e. The highest BCUT2D eigenvalue weighted by molar-refractivity contribution is 5.59. The van der Waals surface area contributed by atoms with Crippen LogP contribution in [0, 0.1) is 11.6 Å². The number of benzene rings is 1. The molecule has 0 saturated heterocycles. The molecule has 0 amide bonds. The fourth-order valence-electron chi connectivity index (χ4n) is 2.07. The van der Waals surface area contributed by atoms with Crippen LogP contribution < -0.4 is 5.73 Å². The maximum atomic E-state index is 14.1. The van der Waals surface area contributed by atoms with Gasteiger partial charge in [0.2, 0.25) is 0 Å². The summed E-state index contributed by atoms with van der Waals surface area (Å²) in [6.45, 7) is 3.10. The highest BCUT2D eigenvalue weighted by atomic mass is 19.4. The van der Waals surface area contributed by atoms with Crippen molar-refractivity contribution in [3.8, 4) is 11.4 Å². The molecule has 0 atom stereocenters. The number of nitrogens with zero attached hydrogens (tertiary/aromatic N) is 2. The normalized spacial score (nSPS) is 12.2. The molecular formula is C14H14F5N3. The molecule has 1 aromatic carbocycles. The molecule has 0 spiro atoms. The molecule has 1 heterocycles. The summed E-state index contributed by atoms with van der Waals surface area (Å²) in [5, 5.41) is 0. The first-order valence-electron chi connectivity index (χ1n) is 6.49. The van der Waals surface area contributed by atoms with Gasteiger partial charge in [-0.25, -0.2) is 13.8 Å². The van der Waals surface area contributed by atoms with Gasteiger partial charge in [-0.1, -0.05) is 0 Å². The molecule has 0 aliphatic heterocycles. The molecule has 120 valence electrons. The van der Waals surface area contributed by atoms with Crippen LogP contribution in [0.4, 0.5) is 22.0 Å². The number of nitrogens with two attached hydrogens (primary N) is 1. The number of hydrogen-bond donors (Lipinski definition) is 1. The summed E-state index contributed by atoms with van der Waals surface area (Å²) < 4.78 is 67.7. The van der Waals surface area contributed by atoms with Crippen molar-refractivity contribution in [2.24, 2.45) is 5.73 Å². The van der Waals surface area contributed by atoms with Crippen molar-refractivity contribution in [3.05, 3.63) is 41.2 Å². The molecule has 0 fully saturated rings. The van der Waals surface area contributed by atoms with E-state index in [-0.39, 0.29) is 12.1 Å². The third-order valence-electron chi connectivity index (χ3n) is 3.14. The van der Waals surface area contributed by atoms with E-state index in [4.69, 9.17) is 5.73 Å². The maximum absolute atomic E-state index is 14.1. The monoisotopic (exact) mass is 319 g/mol. The van der Waals surface area contributed by atoms with E-state index in [2.05, 4.69) is 4.98 Å². The van der Waals surface area contributed by atoms with Gasteiger partial charge in [0.25, 0.3) is 0 Å². The third kappa shape index (κ3) is 2.96. The quantitative estimate of drug-likeness (QED) is 0.872. The Kier molecular flexibility index (Phi) is 4.23. The predicted octanol–water partition coefficient (Wildman–Crippen LogP) is 3.89. The van der Waals surface area contributed by atoms with Crippen LogP contribution in [-0.4, -0.2) is 9.55 Å². The highest BCUT2D eigenvalue weighted by Gasteiger charge is 2.36. The number of rotatable bonds is 3. The van der Waals surface area contributed by atoms with E-state index in [0.717, 1.165) is 22.9 Å². The molecule has 22 heavy (non-hydrogen) atoms. The van der Waals surface area contributed by atoms with Gasteiger partial charge in [-0.2, -0.15) is 13.2 Å². The van der Waals surface area contributed by atoms with Gasteiger partial charge in [-0.05, 0) is 31.5 Å². The average Bonchev–Trinajstić information content (AvgIpc) is 2.82. The Morgan fingerprint density at radius 2 is 1.73 bits per heavy atom. The molecule has 0 radical (unpaired) electrons. The number of imidazole rings is 1. The first kappa shape index (κ1) is 16.4. The lowest BCUT2D eigenvalue weighted by Gasteiger charge is -2.13. The van der Waals surface area contributed by atoms with Crippen molar-refractivity contribution in [2.75, 3.05) is 0 Å². The van der Waals surface area contributed by atoms with Crippen LogP contribution in [0.1, 0.15) is 31.1 Å². The van der Waals surface area contributed by atoms with Crippen LogP contribution in [0.15, 0.2) is 18.3 Å². The highest BCUT2D eigenvalue weighted by Crippen LogP contribution is 2.34. The molecule has 0 saturated carbocycles. The minimum atomic E-state index is -4.70. The standard InChI is InChI=1S/C14H14F5N3/c1-7(2)22-6-11(14(17,18)19)21-13(22)12-9(15)3-8(5-20)4-10(12)16/h3-4,6-7H,5,20H2,1-2H3. The van der Waals surface area contributed by atoms with Gasteiger partial charge in [-0.15, -0.1) is 0 Å². The summed E-state index contributed by atoms with van der Waals surface area (Å²) in [6.07, 6.45) is -3.95. The second-order valence-electron chi connectivity index (χ2n) is 5.09. The summed E-state index contributed by atoms with van der Waals surface area (Å²) >= 11 is 0. The Hall–Kier alpha value is -1.96. The molecule has 2 aromatic rings. The zero-order chi connectivity index (χ0) is 16.7. The first-order chi connectivity index (χ1) is 10.1. The van der Waals surface area contributed by atoms with E-state index in [1.807, 2.05) is 0 Å². The van der Waals surface area contributed by atoms with Crippen molar-refractivity contribution in [2.45, 2.75) is 32.6 Å². The fraction of sp³-hybridized carbons (Fsp3) is 0.357. The van der Waals surface area contributed by atoms with Gasteiger partial charge in [0.1, 0.15) is 17.5 Å². The van der Waals surface area contributed by atoms with E-state index in [1.54, 1.807) is 13.8 Å². The van der Waals surface area contributed by atoms with E-state index < -0.39 is 40.9 Å². The number of halogens is 5. The summed E-state index contributed by atoms with van der Waals surface area (Å²) in [7, 11) is 0. The Morgan fingerprint density at radius 1 is 1.18 bits per heavy atom. The van der Waals surface area contributed by atoms with Crippen LogP contribution in [-0.2, 0) is 12.7 Å². The van der Waals surface area contributed by atoms with Crippen molar-refractivity contribution in [3.63, 3.8) is 0 Å². The summed E-state index contributed by atoms with van der Waals surface area (Å²) in [4.78, 5) is 3.38. The average molecular weight is 319 g/mol. The van der Waals surface area contributed by atoms with Gasteiger partial charge in [0.05, 0.1) is 5.56 Å². The maximum Gasteiger partial charge on any atom is 0.434 e. The molecule has 2 rings (SSSR count). The third-order valence-corrected chi connectivity index (χ3v) is 3.14. The lowest BCUT2D eigenvalue weighted by Crippen LogP contribution is -2.06. The van der Waals surface area contributed by atoms with Crippen LogP contribution >= 0.6 is 0 Å². The van der Waals surface area contributed by atoms with Crippen molar-refractivity contribution in [1.82, 2.24) is 9.55 Å². The molecule has 0 bridgehead atoms. The largest absolute Gasteiger partial charge is 0.434 e. The Bertz CT molecular complexity index is 665. The van der Waals surface area contributed by atoms with Crippen LogP contribution in [0.2, 0.25) is 0 Å². The Balaban J connectivity index is 2.69. The number of alkyl halides is 3. The Labute approximate surface area is 123 Å². The van der Waals surface area contributed by atoms with Crippen LogP contribution in [0.3, 0.4) is 0 Å². The van der Waals surface area contributed by atoms with Gasteiger partial charge >= 0.3 is 6.18 Å². The number of hydrogen-bond acceptors (Lipinski definition) is 2. The van der Waals surface area contributed by atoms with E-state index in [9.17, 15) is 22.0 Å². The van der Waals surface area contributed by atoms with Gasteiger partial charge < -0.3 is 10.3 Å². The van der Waals surface area contributed by atoms with Gasteiger partial charge in [0, 0.05) is 18.8 Å². The predicted molar refractivity (Wildman–Crippen MR) is 70.9 cm³/mol. The van der Waals surface area contributed by atoms with Crippen LogP contribution in [0.25, 0.3) is 11.4 Å². The molecule has 2 N–H and O–H groups in total. The summed E-state index contributed by atoms with van der Waals surface area (Å²) in [5.74, 6) is -2.40. The fourth-order valence-corrected chi connectivity index (χ4v) is 2.07. The second-order valence-corrected chi connectivity index (χ2v) is 5.09. The van der Waals surface area contributed by atoms with Crippen molar-refractivity contribution < 1.29 is 22.0 Å². The topological polar surface area (TPSA) is 43.8 Å². The van der Waals surface area contributed by atoms with Gasteiger partial charge in [-0.3, -0.25) is 0 Å². The molecule has 1 aromatic heterocycles. The lowest BCUT2D eigenvalue weighted by molar-refractivity contribution is -0.140. The molecule has 0 aliphatic carbocycles. The molecule has 8 heteroatoms. The SMILES string of the molecule is CC(C)n1cc(C(F)(F)F)nc1-c1c(F)cc(CN)cc1F. The first-order valence-corrected chi connectivity index (χ1v) is 6.49. The van der Waals surface area contributed by atoms with E-state index in [1.165, 1.54) is 0 Å². The zero-order valence-corrected chi connectivity index (χ0v) is 11.9. The Morgan fingerprint density at radius 3 is 2.14 bits per heavy atom. The molecule has 0 aliphatic rings. The van der Waals surface area contributed by atoms with E-state index in [0.29, 0.717) is 0 Å². The lowest BCUT2D eigenvalue weighted by atomic mass is 10.1. The second kappa shape index (κ2) is 5.68. The van der Waals surface area contributed by atoms with Gasteiger partial charge in [0.15, 0.2) is 5.69 Å². The molecule has 3 nitrogen and oxygen atoms in total. The number of aromatic nitrogens is 2. The van der Waals surface area contributed by atoms with E-state index >= 15 is 0 Å². The molecule has 0 unspecified atom stereocenters. The van der Waals surface area contributed by atoms with Crippen LogP contribution in [0.5, 0.6) is 0 Å². The van der Waals surface area contributed by atoms with Crippen molar-refractivity contribution >= 4 is 0 Å².